The molecule has 0 fully saturated rings. The highest BCUT2D eigenvalue weighted by molar-refractivity contribution is 5.25. The molecule has 0 saturated carbocycles. The van der Waals surface area contributed by atoms with Crippen LogP contribution in [0.25, 0.3) is 0 Å². The number of rotatable bonds is 9. The zero-order chi connectivity index (χ0) is 19.3. The lowest BCUT2D eigenvalue weighted by molar-refractivity contribution is -0.115. The fourth-order valence-corrected chi connectivity index (χ4v) is 2.71. The molecule has 144 valence electrons. The summed E-state index contributed by atoms with van der Waals surface area (Å²) in [5.74, 6) is -1.56. The lowest BCUT2D eigenvalue weighted by Crippen LogP contribution is -2.42. The van der Waals surface area contributed by atoms with Crippen molar-refractivity contribution in [2.24, 2.45) is 0 Å². The van der Waals surface area contributed by atoms with Gasteiger partial charge in [-0.05, 0) is 6.07 Å². The number of aliphatic hydroxyl groups is 2. The monoisotopic (exact) mass is 380 g/mol. The fourth-order valence-electron chi connectivity index (χ4n) is 2.71. The average molecular weight is 380 g/mol. The van der Waals surface area contributed by atoms with Gasteiger partial charge in [-0.15, -0.1) is 0 Å². The van der Waals surface area contributed by atoms with Crippen LogP contribution in [0.3, 0.4) is 0 Å². The van der Waals surface area contributed by atoms with E-state index >= 15 is 0 Å². The minimum Gasteiger partial charge on any atom is -0.394 e. The van der Waals surface area contributed by atoms with Gasteiger partial charge in [0, 0.05) is 11.6 Å². The minimum atomic E-state index is -1.44. The summed E-state index contributed by atoms with van der Waals surface area (Å²) in [5, 5.41) is 26.9. The van der Waals surface area contributed by atoms with Crippen LogP contribution < -0.4 is 0 Å². The van der Waals surface area contributed by atoms with Crippen molar-refractivity contribution in [1.82, 2.24) is 29.5 Å². The molecule has 0 aliphatic carbocycles. The van der Waals surface area contributed by atoms with E-state index in [2.05, 4.69) is 20.2 Å². The van der Waals surface area contributed by atoms with Gasteiger partial charge in [0.05, 0.1) is 26.3 Å². The standard InChI is InChI=1S/C16H18F2N6O3/c17-12-1-2-14(15(18)3-12)16(27-5-13(26)4-25,6-23-10-19-8-21-23)7-24-11-20-9-22-24/h1-3,8-11,13,25-26H,4-7H2. The second-order valence-electron chi connectivity index (χ2n) is 5.95. The summed E-state index contributed by atoms with van der Waals surface area (Å²) in [6.07, 6.45) is 4.28. The van der Waals surface area contributed by atoms with Crippen molar-refractivity contribution in [3.05, 3.63) is 60.7 Å². The maximum Gasteiger partial charge on any atom is 0.137 e. The van der Waals surface area contributed by atoms with Gasteiger partial charge < -0.3 is 14.9 Å². The van der Waals surface area contributed by atoms with Crippen LogP contribution >= 0.6 is 0 Å². The first-order valence-electron chi connectivity index (χ1n) is 8.05. The van der Waals surface area contributed by atoms with Crippen molar-refractivity contribution in [1.29, 1.82) is 0 Å². The Labute approximate surface area is 152 Å². The molecule has 11 heteroatoms. The predicted octanol–water partition coefficient (Wildman–Crippen LogP) is 0.113. The van der Waals surface area contributed by atoms with Crippen LogP contribution in [-0.2, 0) is 23.4 Å². The topological polar surface area (TPSA) is 111 Å². The Morgan fingerprint density at radius 3 is 2.19 bits per heavy atom. The normalized spacial score (nSPS) is 13.0. The van der Waals surface area contributed by atoms with Crippen molar-refractivity contribution in [3.8, 4) is 0 Å². The minimum absolute atomic E-state index is 0.00639. The Morgan fingerprint density at radius 1 is 1.07 bits per heavy atom. The molecule has 3 aromatic rings. The number of nitrogens with zero attached hydrogens (tertiary/aromatic N) is 6. The Hall–Kier alpha value is -2.76. The van der Waals surface area contributed by atoms with Gasteiger partial charge in [0.25, 0.3) is 0 Å². The predicted molar refractivity (Wildman–Crippen MR) is 87.1 cm³/mol. The van der Waals surface area contributed by atoms with Crippen LogP contribution in [0, 0.1) is 11.6 Å². The third-order valence-electron chi connectivity index (χ3n) is 3.95. The van der Waals surface area contributed by atoms with Crippen molar-refractivity contribution in [2.75, 3.05) is 13.2 Å². The fraction of sp³-hybridized carbons (Fsp3) is 0.375. The first-order chi connectivity index (χ1) is 13.0. The molecule has 2 aromatic heterocycles. The molecule has 0 radical (unpaired) electrons. The molecule has 0 bridgehead atoms. The summed E-state index contributed by atoms with van der Waals surface area (Å²) in [5.41, 5.74) is -1.39. The highest BCUT2D eigenvalue weighted by Gasteiger charge is 2.38. The second kappa shape index (κ2) is 8.29. The zero-order valence-electron chi connectivity index (χ0n) is 14.2. The van der Waals surface area contributed by atoms with Gasteiger partial charge in [-0.3, -0.25) is 0 Å². The summed E-state index contributed by atoms with van der Waals surface area (Å²) in [6, 6.07) is 3.13. The first kappa shape index (κ1) is 19.0. The second-order valence-corrected chi connectivity index (χ2v) is 5.95. The molecule has 0 aliphatic heterocycles. The molecule has 3 rings (SSSR count). The Balaban J connectivity index is 2.06. The summed E-state index contributed by atoms with van der Waals surface area (Å²) < 4.78 is 36.9. The van der Waals surface area contributed by atoms with E-state index in [1.165, 1.54) is 40.7 Å². The third-order valence-corrected chi connectivity index (χ3v) is 3.95. The molecule has 0 aliphatic rings. The Bertz CT molecular complexity index is 808. The molecule has 1 unspecified atom stereocenters. The summed E-state index contributed by atoms with van der Waals surface area (Å²) in [4.78, 5) is 7.73. The van der Waals surface area contributed by atoms with Crippen molar-refractivity contribution in [2.45, 2.75) is 24.8 Å². The molecule has 1 aromatic carbocycles. The van der Waals surface area contributed by atoms with E-state index in [0.29, 0.717) is 0 Å². The van der Waals surface area contributed by atoms with E-state index in [1.807, 2.05) is 0 Å². The van der Waals surface area contributed by atoms with E-state index < -0.39 is 29.9 Å². The largest absolute Gasteiger partial charge is 0.394 e. The maximum absolute atomic E-state index is 14.7. The summed E-state index contributed by atoms with van der Waals surface area (Å²) in [7, 11) is 0. The van der Waals surface area contributed by atoms with Crippen LogP contribution in [0.5, 0.6) is 0 Å². The number of halogens is 2. The number of benzene rings is 1. The molecule has 0 saturated heterocycles. The van der Waals surface area contributed by atoms with Crippen molar-refractivity contribution >= 4 is 0 Å². The summed E-state index contributed by atoms with van der Waals surface area (Å²) in [6.45, 7) is -0.841. The van der Waals surface area contributed by atoms with Gasteiger partial charge in [0.15, 0.2) is 0 Å². The smallest absolute Gasteiger partial charge is 0.137 e. The van der Waals surface area contributed by atoms with E-state index in [0.717, 1.165) is 12.1 Å². The quantitative estimate of drug-likeness (QED) is 0.542. The lowest BCUT2D eigenvalue weighted by atomic mass is 9.92. The van der Waals surface area contributed by atoms with Crippen LogP contribution in [0.1, 0.15) is 5.56 Å². The molecule has 0 amide bonds. The number of aromatic nitrogens is 6. The Morgan fingerprint density at radius 2 is 1.70 bits per heavy atom. The maximum atomic E-state index is 14.7. The van der Waals surface area contributed by atoms with Crippen LogP contribution in [0.15, 0.2) is 43.5 Å². The van der Waals surface area contributed by atoms with Crippen molar-refractivity contribution in [3.63, 3.8) is 0 Å². The number of hydrogen-bond acceptors (Lipinski definition) is 7. The van der Waals surface area contributed by atoms with Gasteiger partial charge in [0.1, 0.15) is 48.6 Å². The number of ether oxygens (including phenoxy) is 1. The molecule has 0 spiro atoms. The highest BCUT2D eigenvalue weighted by atomic mass is 19.1. The van der Waals surface area contributed by atoms with E-state index in [9.17, 15) is 13.9 Å². The first-order valence-corrected chi connectivity index (χ1v) is 8.05. The van der Waals surface area contributed by atoms with Crippen LogP contribution in [0.4, 0.5) is 8.78 Å². The molecular weight excluding hydrogens is 362 g/mol. The van der Waals surface area contributed by atoms with Gasteiger partial charge in [-0.1, -0.05) is 6.07 Å². The van der Waals surface area contributed by atoms with Crippen LogP contribution in [0.2, 0.25) is 0 Å². The van der Waals surface area contributed by atoms with Gasteiger partial charge in [-0.2, -0.15) is 10.2 Å². The van der Waals surface area contributed by atoms with Crippen LogP contribution in [-0.4, -0.2) is 59.1 Å². The van der Waals surface area contributed by atoms with E-state index in [4.69, 9.17) is 9.84 Å². The molecule has 27 heavy (non-hydrogen) atoms. The van der Waals surface area contributed by atoms with E-state index in [1.54, 1.807) is 0 Å². The molecule has 2 heterocycles. The van der Waals surface area contributed by atoms with Gasteiger partial charge in [0.2, 0.25) is 0 Å². The Kier molecular flexibility index (Phi) is 5.84. The highest BCUT2D eigenvalue weighted by Crippen LogP contribution is 2.32. The zero-order valence-corrected chi connectivity index (χ0v) is 14.2. The average Bonchev–Trinajstić information content (AvgIpc) is 3.33. The molecular formula is C16H18F2N6O3. The third kappa shape index (κ3) is 4.51. The van der Waals surface area contributed by atoms with E-state index in [-0.39, 0.29) is 25.3 Å². The van der Waals surface area contributed by atoms with Gasteiger partial charge in [-0.25, -0.2) is 28.1 Å². The molecule has 1 atom stereocenters. The lowest BCUT2D eigenvalue weighted by Gasteiger charge is -2.35. The number of aliphatic hydroxyl groups excluding tert-OH is 2. The number of hydrogen-bond donors (Lipinski definition) is 2. The summed E-state index contributed by atoms with van der Waals surface area (Å²) >= 11 is 0. The van der Waals surface area contributed by atoms with Gasteiger partial charge >= 0.3 is 0 Å². The van der Waals surface area contributed by atoms with Crippen molar-refractivity contribution < 1.29 is 23.7 Å². The SMILES string of the molecule is OCC(O)COC(Cn1cncn1)(Cn1cncn1)c1ccc(F)cc1F. The molecule has 2 N–H and O–H groups in total. The molecule has 9 nitrogen and oxygen atoms in total.